The fourth-order valence-corrected chi connectivity index (χ4v) is 4.23. The lowest BCUT2D eigenvalue weighted by Crippen LogP contribution is -2.23. The molecule has 0 unspecified atom stereocenters. The maximum atomic E-state index is 12.7. The standard InChI is InChI=1S/C22H18BrN3O2S/c23-19-11-13-21(14-12-19)29(27,28)24-15-18-16-26(20-9-5-2-6-10-20)25-22(18)17-7-3-1-4-8-17/h1-14,16,24H,15H2. The van der Waals surface area contributed by atoms with Crippen LogP contribution in [0.2, 0.25) is 0 Å². The van der Waals surface area contributed by atoms with Crippen molar-refractivity contribution in [2.24, 2.45) is 0 Å². The maximum absolute atomic E-state index is 12.7. The fraction of sp³-hybridized carbons (Fsp3) is 0.0455. The molecule has 0 bridgehead atoms. The largest absolute Gasteiger partial charge is 0.240 e. The number of benzene rings is 3. The van der Waals surface area contributed by atoms with Crippen molar-refractivity contribution in [3.63, 3.8) is 0 Å². The van der Waals surface area contributed by atoms with Crippen molar-refractivity contribution in [1.82, 2.24) is 14.5 Å². The smallest absolute Gasteiger partial charge is 0.240 e. The summed E-state index contributed by atoms with van der Waals surface area (Å²) in [7, 11) is -3.64. The third-order valence-electron chi connectivity index (χ3n) is 4.43. The predicted molar refractivity (Wildman–Crippen MR) is 117 cm³/mol. The monoisotopic (exact) mass is 467 g/mol. The summed E-state index contributed by atoms with van der Waals surface area (Å²) in [6, 6.07) is 26.0. The van der Waals surface area contributed by atoms with Gasteiger partial charge in [-0.05, 0) is 36.4 Å². The summed E-state index contributed by atoms with van der Waals surface area (Å²) in [6.07, 6.45) is 1.86. The Morgan fingerprint density at radius 2 is 1.48 bits per heavy atom. The normalized spacial score (nSPS) is 11.5. The molecule has 0 aliphatic heterocycles. The molecular weight excluding hydrogens is 450 g/mol. The first-order valence-corrected chi connectivity index (χ1v) is 11.3. The molecule has 4 rings (SSSR count). The van der Waals surface area contributed by atoms with Gasteiger partial charge >= 0.3 is 0 Å². The Bertz CT molecular complexity index is 1210. The van der Waals surface area contributed by atoms with Gasteiger partial charge in [-0.3, -0.25) is 0 Å². The van der Waals surface area contributed by atoms with Crippen LogP contribution in [0.5, 0.6) is 0 Å². The van der Waals surface area contributed by atoms with Crippen LogP contribution in [0.4, 0.5) is 0 Å². The number of rotatable bonds is 6. The zero-order chi connectivity index (χ0) is 20.3. The van der Waals surface area contributed by atoms with E-state index < -0.39 is 10.0 Å². The first-order valence-electron chi connectivity index (χ1n) is 8.97. The van der Waals surface area contributed by atoms with Gasteiger partial charge in [-0.2, -0.15) is 5.10 Å². The molecule has 0 saturated carbocycles. The van der Waals surface area contributed by atoms with E-state index in [1.165, 1.54) is 0 Å². The van der Waals surface area contributed by atoms with Gasteiger partial charge in [0.1, 0.15) is 0 Å². The second-order valence-corrected chi connectivity index (χ2v) is 9.11. The molecule has 1 aromatic heterocycles. The minimum absolute atomic E-state index is 0.134. The lowest BCUT2D eigenvalue weighted by molar-refractivity contribution is 0.581. The second kappa shape index (κ2) is 8.32. The van der Waals surface area contributed by atoms with Crippen molar-refractivity contribution in [3.8, 4) is 16.9 Å². The molecule has 1 heterocycles. The zero-order valence-electron chi connectivity index (χ0n) is 15.4. The van der Waals surface area contributed by atoms with Gasteiger partial charge < -0.3 is 0 Å². The average Bonchev–Trinajstić information content (AvgIpc) is 3.18. The van der Waals surface area contributed by atoms with E-state index >= 15 is 0 Å². The molecule has 3 aromatic carbocycles. The van der Waals surface area contributed by atoms with Crippen LogP contribution >= 0.6 is 15.9 Å². The summed E-state index contributed by atoms with van der Waals surface area (Å²) in [6.45, 7) is 0.134. The summed E-state index contributed by atoms with van der Waals surface area (Å²) in [5.41, 5.74) is 3.38. The first-order chi connectivity index (χ1) is 14.0. The quantitative estimate of drug-likeness (QED) is 0.443. The van der Waals surface area contributed by atoms with Gasteiger partial charge in [-0.15, -0.1) is 0 Å². The van der Waals surface area contributed by atoms with E-state index in [1.807, 2.05) is 66.9 Å². The van der Waals surface area contributed by atoms with Gasteiger partial charge in [0.25, 0.3) is 0 Å². The minimum atomic E-state index is -3.64. The Labute approximate surface area is 178 Å². The Balaban J connectivity index is 1.67. The van der Waals surface area contributed by atoms with Crippen molar-refractivity contribution in [1.29, 1.82) is 0 Å². The fourth-order valence-electron chi connectivity index (χ4n) is 2.96. The number of hydrogen-bond acceptors (Lipinski definition) is 3. The van der Waals surface area contributed by atoms with Gasteiger partial charge in [0.2, 0.25) is 10.0 Å². The number of nitrogens with one attached hydrogen (secondary N) is 1. The number of sulfonamides is 1. The van der Waals surface area contributed by atoms with Crippen LogP contribution < -0.4 is 4.72 Å². The first kappa shape index (κ1) is 19.6. The van der Waals surface area contributed by atoms with E-state index in [1.54, 1.807) is 28.9 Å². The Morgan fingerprint density at radius 1 is 0.862 bits per heavy atom. The number of aromatic nitrogens is 2. The van der Waals surface area contributed by atoms with Crippen molar-refractivity contribution < 1.29 is 8.42 Å². The summed E-state index contributed by atoms with van der Waals surface area (Å²) >= 11 is 3.32. The van der Waals surface area contributed by atoms with Crippen LogP contribution in [0.3, 0.4) is 0 Å². The number of nitrogens with zero attached hydrogens (tertiary/aromatic N) is 2. The number of halogens is 1. The van der Waals surface area contributed by atoms with Crippen molar-refractivity contribution in [2.75, 3.05) is 0 Å². The number of hydrogen-bond donors (Lipinski definition) is 1. The molecule has 4 aromatic rings. The van der Waals surface area contributed by atoms with Gasteiger partial charge in [-0.25, -0.2) is 17.8 Å². The van der Waals surface area contributed by atoms with E-state index in [-0.39, 0.29) is 11.4 Å². The molecule has 7 heteroatoms. The highest BCUT2D eigenvalue weighted by molar-refractivity contribution is 9.10. The van der Waals surface area contributed by atoms with Crippen molar-refractivity contribution in [2.45, 2.75) is 11.4 Å². The molecule has 0 aliphatic carbocycles. The number of para-hydroxylation sites is 1. The highest BCUT2D eigenvalue weighted by atomic mass is 79.9. The lowest BCUT2D eigenvalue weighted by atomic mass is 10.1. The second-order valence-electron chi connectivity index (χ2n) is 6.43. The SMILES string of the molecule is O=S(=O)(NCc1cn(-c2ccccc2)nc1-c1ccccc1)c1ccc(Br)cc1. The van der Waals surface area contributed by atoms with Crippen LogP contribution in [0.1, 0.15) is 5.56 Å². The molecule has 0 fully saturated rings. The molecule has 5 nitrogen and oxygen atoms in total. The summed E-state index contributed by atoms with van der Waals surface area (Å²) in [5, 5.41) is 4.71. The molecule has 0 atom stereocenters. The molecular formula is C22H18BrN3O2S. The maximum Gasteiger partial charge on any atom is 0.240 e. The zero-order valence-corrected chi connectivity index (χ0v) is 17.8. The molecule has 0 spiro atoms. The molecule has 0 saturated heterocycles. The topological polar surface area (TPSA) is 64.0 Å². The van der Waals surface area contributed by atoms with Gasteiger partial charge in [0.05, 0.1) is 16.3 Å². The van der Waals surface area contributed by atoms with E-state index in [2.05, 4.69) is 20.7 Å². The minimum Gasteiger partial charge on any atom is -0.240 e. The molecule has 146 valence electrons. The van der Waals surface area contributed by atoms with Crippen molar-refractivity contribution >= 4 is 26.0 Å². The van der Waals surface area contributed by atoms with Crippen LogP contribution in [0.25, 0.3) is 16.9 Å². The molecule has 0 radical (unpaired) electrons. The Kier molecular flexibility index (Phi) is 5.62. The van der Waals surface area contributed by atoms with Gasteiger partial charge in [-0.1, -0.05) is 64.5 Å². The summed E-state index contributed by atoms with van der Waals surface area (Å²) in [4.78, 5) is 0.220. The third kappa shape index (κ3) is 4.48. The van der Waals surface area contributed by atoms with Gasteiger partial charge in [0, 0.05) is 28.3 Å². The van der Waals surface area contributed by atoms with Crippen LogP contribution in [0, 0.1) is 0 Å². The molecule has 1 N–H and O–H groups in total. The Hall–Kier alpha value is -2.74. The van der Waals surface area contributed by atoms with E-state index in [0.29, 0.717) is 0 Å². The van der Waals surface area contributed by atoms with Crippen LogP contribution in [-0.2, 0) is 16.6 Å². The van der Waals surface area contributed by atoms with Crippen LogP contribution in [-0.4, -0.2) is 18.2 Å². The summed E-state index contributed by atoms with van der Waals surface area (Å²) < 4.78 is 30.7. The molecule has 29 heavy (non-hydrogen) atoms. The molecule has 0 aliphatic rings. The van der Waals surface area contributed by atoms with E-state index in [9.17, 15) is 8.42 Å². The Morgan fingerprint density at radius 3 is 2.14 bits per heavy atom. The van der Waals surface area contributed by atoms with Gasteiger partial charge in [0.15, 0.2) is 0 Å². The predicted octanol–water partition coefficient (Wildman–Crippen LogP) is 4.78. The van der Waals surface area contributed by atoms with Crippen molar-refractivity contribution in [3.05, 3.63) is 101 Å². The third-order valence-corrected chi connectivity index (χ3v) is 6.38. The van der Waals surface area contributed by atoms with E-state index in [0.717, 1.165) is 27.0 Å². The van der Waals surface area contributed by atoms with Crippen LogP contribution in [0.15, 0.2) is 100 Å². The lowest BCUT2D eigenvalue weighted by Gasteiger charge is -2.07. The highest BCUT2D eigenvalue weighted by Crippen LogP contribution is 2.24. The molecule has 0 amide bonds. The average molecular weight is 468 g/mol. The highest BCUT2D eigenvalue weighted by Gasteiger charge is 2.17. The summed E-state index contributed by atoms with van der Waals surface area (Å²) in [5.74, 6) is 0. The van der Waals surface area contributed by atoms with E-state index in [4.69, 9.17) is 5.10 Å².